The molecule has 0 radical (unpaired) electrons. The van der Waals surface area contributed by atoms with Gasteiger partial charge in [0.05, 0.1) is 0 Å². The molecule has 24 heavy (non-hydrogen) atoms. The molecule has 0 heterocycles. The molecule has 0 amide bonds. The maximum absolute atomic E-state index is 5.61. The van der Waals surface area contributed by atoms with Crippen molar-refractivity contribution in [2.75, 3.05) is 0 Å². The highest BCUT2D eigenvalue weighted by Gasteiger charge is 2.28. The molecule has 0 nitrogen and oxygen atoms in total. The third-order valence-electron chi connectivity index (χ3n) is 4.09. The van der Waals surface area contributed by atoms with E-state index in [4.69, 9.17) is 12.8 Å². The molecule has 1 aromatic rings. The third-order valence-corrected chi connectivity index (χ3v) is 5.28. The van der Waals surface area contributed by atoms with E-state index in [1.807, 2.05) is 0 Å². The molecular formula is C23H31P. The molecule has 0 aliphatic carbocycles. The van der Waals surface area contributed by atoms with Crippen LogP contribution in [-0.4, -0.2) is 5.29 Å². The fraction of sp³-hybridized carbons (Fsp3) is 0.522. The van der Waals surface area contributed by atoms with E-state index in [9.17, 15) is 0 Å². The Labute approximate surface area is 151 Å². The minimum Gasteiger partial charge on any atom is -0.114 e. The van der Waals surface area contributed by atoms with E-state index in [-0.39, 0.29) is 16.2 Å². The first kappa shape index (κ1) is 20.6. The fourth-order valence-corrected chi connectivity index (χ4v) is 3.94. The second-order valence-corrected chi connectivity index (χ2v) is 10.5. The van der Waals surface area contributed by atoms with Crippen molar-refractivity contribution < 1.29 is 0 Å². The molecule has 0 aromatic heterocycles. The quantitative estimate of drug-likeness (QED) is 0.462. The number of rotatable bonds is 1. The highest BCUT2D eigenvalue weighted by Crippen LogP contribution is 2.35. The molecule has 0 aliphatic rings. The molecule has 1 rings (SSSR count). The molecule has 0 saturated carbocycles. The van der Waals surface area contributed by atoms with Crippen LogP contribution in [0.5, 0.6) is 0 Å². The van der Waals surface area contributed by atoms with E-state index in [1.54, 1.807) is 0 Å². The maximum atomic E-state index is 5.61. The van der Waals surface area contributed by atoms with Crippen molar-refractivity contribution in [2.24, 2.45) is 0 Å². The average molecular weight is 338 g/mol. The van der Waals surface area contributed by atoms with E-state index >= 15 is 0 Å². The van der Waals surface area contributed by atoms with E-state index in [2.05, 4.69) is 86.3 Å². The Hall–Kier alpha value is -1.49. The lowest BCUT2D eigenvalue weighted by atomic mass is 9.75. The van der Waals surface area contributed by atoms with Gasteiger partial charge in [0, 0.05) is 5.30 Å². The summed E-state index contributed by atoms with van der Waals surface area (Å²) in [5, 5.41) is 1.96. The molecule has 0 unspecified atom stereocenters. The van der Waals surface area contributed by atoms with Crippen molar-refractivity contribution in [3.8, 4) is 24.7 Å². The molecule has 0 saturated heterocycles. The van der Waals surface area contributed by atoms with Gasteiger partial charge in [-0.25, -0.2) is 0 Å². The van der Waals surface area contributed by atoms with Crippen molar-refractivity contribution in [1.82, 2.24) is 0 Å². The molecular weight excluding hydrogens is 307 g/mol. The predicted octanol–water partition coefficient (Wildman–Crippen LogP) is 5.59. The summed E-state index contributed by atoms with van der Waals surface area (Å²) in [6.07, 6.45) is 11.2. The number of benzene rings is 1. The Bertz CT molecular complexity index is 676. The minimum atomic E-state index is 0.0257. The molecule has 0 N–H and O–H groups in total. The summed E-state index contributed by atoms with van der Waals surface area (Å²) >= 11 is 0. The second-order valence-electron chi connectivity index (χ2n) is 9.42. The average Bonchev–Trinajstić information content (AvgIpc) is 2.40. The summed E-state index contributed by atoms with van der Waals surface area (Å²) in [6, 6.07) is 4.70. The van der Waals surface area contributed by atoms with Crippen LogP contribution in [0.2, 0.25) is 0 Å². The standard InChI is InChI=1S/C23H31P/c1-12-17(13-2)24-20-18(22(6,7)8)14-16(21(3,4)5)15-19(20)23(9,10)11/h1-2,14-15H,3-11H3. The van der Waals surface area contributed by atoms with Gasteiger partial charge in [-0.3, -0.25) is 0 Å². The van der Waals surface area contributed by atoms with Gasteiger partial charge in [-0.15, -0.1) is 12.8 Å². The van der Waals surface area contributed by atoms with E-state index < -0.39 is 0 Å². The molecule has 0 atom stereocenters. The molecule has 128 valence electrons. The van der Waals surface area contributed by atoms with Crippen LogP contribution in [0.15, 0.2) is 12.1 Å². The zero-order valence-electron chi connectivity index (χ0n) is 16.8. The number of hydrogen-bond acceptors (Lipinski definition) is 0. The molecule has 0 aliphatic heterocycles. The summed E-state index contributed by atoms with van der Waals surface area (Å²) in [5.74, 6) is 5.34. The zero-order chi connectivity index (χ0) is 18.9. The van der Waals surface area contributed by atoms with Gasteiger partial charge in [-0.05, 0) is 41.1 Å². The van der Waals surface area contributed by atoms with E-state index in [0.29, 0.717) is 5.29 Å². The van der Waals surface area contributed by atoms with Gasteiger partial charge in [0.2, 0.25) is 0 Å². The lowest BCUT2D eigenvalue weighted by molar-refractivity contribution is 0.554. The molecule has 0 fully saturated rings. The Morgan fingerprint density at radius 2 is 1.12 bits per heavy atom. The number of terminal acetylenes is 2. The Balaban J connectivity index is 4.01. The van der Waals surface area contributed by atoms with Crippen LogP contribution >= 0.6 is 8.20 Å². The fourth-order valence-electron chi connectivity index (χ4n) is 2.55. The summed E-state index contributed by atoms with van der Waals surface area (Å²) in [6.45, 7) is 20.3. The predicted molar refractivity (Wildman–Crippen MR) is 112 cm³/mol. The first-order valence-corrected chi connectivity index (χ1v) is 9.32. The third kappa shape index (κ3) is 4.76. The van der Waals surface area contributed by atoms with Crippen LogP contribution in [0.3, 0.4) is 0 Å². The topological polar surface area (TPSA) is 0 Å². The van der Waals surface area contributed by atoms with Crippen LogP contribution in [0, 0.1) is 24.7 Å². The van der Waals surface area contributed by atoms with Gasteiger partial charge in [0.1, 0.15) is 5.29 Å². The van der Waals surface area contributed by atoms with Crippen LogP contribution in [0.25, 0.3) is 0 Å². The van der Waals surface area contributed by atoms with Crippen LogP contribution in [0.1, 0.15) is 79.0 Å². The van der Waals surface area contributed by atoms with Gasteiger partial charge < -0.3 is 0 Å². The van der Waals surface area contributed by atoms with Gasteiger partial charge in [-0.2, -0.15) is 0 Å². The van der Waals surface area contributed by atoms with Crippen LogP contribution < -0.4 is 5.30 Å². The van der Waals surface area contributed by atoms with Crippen LogP contribution in [-0.2, 0) is 16.2 Å². The molecule has 0 bridgehead atoms. The summed E-state index contributed by atoms with van der Waals surface area (Å²) in [4.78, 5) is 0. The molecule has 1 heteroatoms. The Kier molecular flexibility index (Phi) is 5.81. The minimum absolute atomic E-state index is 0.0257. The largest absolute Gasteiger partial charge is 0.114 e. The number of hydrogen-bond donors (Lipinski definition) is 0. The monoisotopic (exact) mass is 338 g/mol. The van der Waals surface area contributed by atoms with Crippen LogP contribution in [0.4, 0.5) is 0 Å². The van der Waals surface area contributed by atoms with E-state index in [1.165, 1.54) is 22.0 Å². The first-order valence-electron chi connectivity index (χ1n) is 8.43. The van der Waals surface area contributed by atoms with Crippen molar-refractivity contribution >= 4 is 18.8 Å². The SMILES string of the molecule is C#CC(C#C)=Pc1c(C(C)(C)C)cc(C(C)(C)C)cc1C(C)(C)C. The first-order chi connectivity index (χ1) is 10.7. The van der Waals surface area contributed by atoms with Crippen molar-refractivity contribution in [3.05, 3.63) is 28.8 Å². The highest BCUT2D eigenvalue weighted by molar-refractivity contribution is 7.50. The van der Waals surface area contributed by atoms with E-state index in [0.717, 1.165) is 8.20 Å². The normalized spacial score (nSPS) is 12.6. The van der Waals surface area contributed by atoms with Crippen molar-refractivity contribution in [1.29, 1.82) is 0 Å². The Morgan fingerprint density at radius 1 is 0.750 bits per heavy atom. The smallest absolute Gasteiger partial charge is 0.101 e. The molecule has 0 spiro atoms. The molecule has 1 aromatic carbocycles. The second kappa shape index (κ2) is 6.79. The lowest BCUT2D eigenvalue weighted by Crippen LogP contribution is -2.30. The van der Waals surface area contributed by atoms with Crippen molar-refractivity contribution in [2.45, 2.75) is 78.6 Å². The highest BCUT2D eigenvalue weighted by atomic mass is 31.1. The Morgan fingerprint density at radius 3 is 1.38 bits per heavy atom. The van der Waals surface area contributed by atoms with Gasteiger partial charge in [0.15, 0.2) is 0 Å². The summed E-state index contributed by atoms with van der Waals surface area (Å²) in [7, 11) is 0.962. The van der Waals surface area contributed by atoms with Gasteiger partial charge >= 0.3 is 0 Å². The van der Waals surface area contributed by atoms with Gasteiger partial charge in [-0.1, -0.05) is 86.3 Å². The summed E-state index contributed by atoms with van der Waals surface area (Å²) < 4.78 is 0. The lowest BCUT2D eigenvalue weighted by Gasteiger charge is -2.32. The maximum Gasteiger partial charge on any atom is 0.101 e. The summed E-state index contributed by atoms with van der Waals surface area (Å²) in [5.41, 5.74) is 4.18. The zero-order valence-corrected chi connectivity index (χ0v) is 17.7. The van der Waals surface area contributed by atoms with Gasteiger partial charge in [0.25, 0.3) is 0 Å². The van der Waals surface area contributed by atoms with Crippen molar-refractivity contribution in [3.63, 3.8) is 0 Å².